The lowest BCUT2D eigenvalue weighted by atomic mass is 9.51. The molecule has 6 heteroatoms. The van der Waals surface area contributed by atoms with Gasteiger partial charge >= 0.3 is 0 Å². The Labute approximate surface area is 194 Å². The molecule has 1 N–H and O–H groups in total. The Morgan fingerprint density at radius 2 is 2.24 bits per heavy atom. The molecule has 1 amide bonds. The second kappa shape index (κ2) is 7.52. The van der Waals surface area contributed by atoms with Gasteiger partial charge in [-0.15, -0.1) is 6.58 Å². The van der Waals surface area contributed by atoms with E-state index in [0.717, 1.165) is 55.6 Å². The van der Waals surface area contributed by atoms with Crippen LogP contribution in [0.1, 0.15) is 36.0 Å². The molecule has 6 rings (SSSR count). The van der Waals surface area contributed by atoms with Gasteiger partial charge in [-0.1, -0.05) is 6.08 Å². The van der Waals surface area contributed by atoms with Gasteiger partial charge in [0.2, 0.25) is 5.91 Å². The predicted octanol–water partition coefficient (Wildman–Crippen LogP) is 3.75. The first-order valence-electron chi connectivity index (χ1n) is 11.9. The zero-order chi connectivity index (χ0) is 22.7. The van der Waals surface area contributed by atoms with Gasteiger partial charge in [0.15, 0.2) is 0 Å². The summed E-state index contributed by atoms with van der Waals surface area (Å²) >= 11 is 0. The number of nitrogens with zero attached hydrogens (tertiary/aromatic N) is 2. The fourth-order valence-electron chi connectivity index (χ4n) is 7.22. The summed E-state index contributed by atoms with van der Waals surface area (Å²) in [5.41, 5.74) is 2.97. The van der Waals surface area contributed by atoms with Crippen molar-refractivity contribution in [2.45, 2.75) is 49.3 Å². The van der Waals surface area contributed by atoms with E-state index in [1.54, 1.807) is 30.7 Å². The van der Waals surface area contributed by atoms with Crippen LogP contribution < -0.4 is 4.74 Å². The van der Waals surface area contributed by atoms with Gasteiger partial charge in [-0.05, 0) is 62.4 Å². The van der Waals surface area contributed by atoms with Crippen LogP contribution >= 0.6 is 0 Å². The van der Waals surface area contributed by atoms with Crippen molar-refractivity contribution in [2.24, 2.45) is 5.92 Å². The van der Waals surface area contributed by atoms with E-state index in [1.165, 1.54) is 5.56 Å². The van der Waals surface area contributed by atoms with Crippen LogP contribution in [0.4, 0.5) is 0 Å². The highest BCUT2D eigenvalue weighted by atomic mass is 16.5. The first-order chi connectivity index (χ1) is 16.0. The van der Waals surface area contributed by atoms with Gasteiger partial charge in [-0.25, -0.2) is 0 Å². The van der Waals surface area contributed by atoms with E-state index < -0.39 is 0 Å². The second-order valence-electron chi connectivity index (χ2n) is 9.91. The van der Waals surface area contributed by atoms with Gasteiger partial charge in [-0.2, -0.15) is 0 Å². The highest BCUT2D eigenvalue weighted by molar-refractivity contribution is 5.91. The molecule has 5 atom stereocenters. The number of hydrogen-bond donors (Lipinski definition) is 1. The minimum absolute atomic E-state index is 0.0187. The molecule has 1 spiro atoms. The first kappa shape index (κ1) is 20.6. The normalized spacial score (nSPS) is 31.8. The summed E-state index contributed by atoms with van der Waals surface area (Å²) in [6.45, 7) is 5.81. The largest absolute Gasteiger partial charge is 0.508 e. The number of aromatic hydroxyl groups is 1. The zero-order valence-electron chi connectivity index (χ0n) is 18.9. The van der Waals surface area contributed by atoms with E-state index in [-0.39, 0.29) is 23.5 Å². The van der Waals surface area contributed by atoms with E-state index in [9.17, 15) is 9.90 Å². The van der Waals surface area contributed by atoms with Crippen LogP contribution in [0.15, 0.2) is 53.9 Å². The zero-order valence-corrected chi connectivity index (χ0v) is 18.9. The molecule has 6 nitrogen and oxygen atoms in total. The fraction of sp³-hybridized carbons (Fsp3) is 0.444. The Bertz CT molecular complexity index is 1120. The van der Waals surface area contributed by atoms with E-state index >= 15 is 0 Å². The Balaban J connectivity index is 1.37. The molecule has 2 fully saturated rings. The Hall–Kier alpha value is -2.99. The smallest absolute Gasteiger partial charge is 0.246 e. The van der Waals surface area contributed by atoms with Crippen molar-refractivity contribution >= 4 is 12.0 Å². The number of benzene rings is 1. The van der Waals surface area contributed by atoms with Crippen molar-refractivity contribution in [3.63, 3.8) is 0 Å². The number of hydrogen-bond acceptors (Lipinski definition) is 5. The molecule has 2 bridgehead atoms. The van der Waals surface area contributed by atoms with Gasteiger partial charge in [0.25, 0.3) is 0 Å². The van der Waals surface area contributed by atoms with E-state index in [0.29, 0.717) is 17.7 Å². The van der Waals surface area contributed by atoms with Crippen molar-refractivity contribution in [3.05, 3.63) is 66.1 Å². The average Bonchev–Trinajstić information content (AvgIpc) is 3.45. The van der Waals surface area contributed by atoms with Crippen molar-refractivity contribution < 1.29 is 19.1 Å². The molecule has 1 saturated heterocycles. The number of carbonyl (C=O) groups excluding carboxylic acids is 1. The molecule has 0 unspecified atom stereocenters. The van der Waals surface area contributed by atoms with Gasteiger partial charge in [0, 0.05) is 47.8 Å². The quantitative estimate of drug-likeness (QED) is 0.560. The molecule has 1 aromatic heterocycles. The second-order valence-corrected chi connectivity index (χ2v) is 9.91. The number of amides is 1. The maximum absolute atomic E-state index is 13.1. The molecule has 1 saturated carbocycles. The number of likely N-dealkylation sites (tertiary alicyclic amines) is 1. The minimum atomic E-state index is -0.157. The molecular weight excluding hydrogens is 416 g/mol. The average molecular weight is 447 g/mol. The highest BCUT2D eigenvalue weighted by Gasteiger charge is 2.66. The highest BCUT2D eigenvalue weighted by Crippen LogP contribution is 2.63. The number of phenols is 1. The Morgan fingerprint density at radius 1 is 1.36 bits per heavy atom. The topological polar surface area (TPSA) is 66.2 Å². The summed E-state index contributed by atoms with van der Waals surface area (Å²) < 4.78 is 11.8. The van der Waals surface area contributed by atoms with Crippen molar-refractivity contribution in [3.8, 4) is 11.5 Å². The summed E-state index contributed by atoms with van der Waals surface area (Å²) in [6, 6.07) is 5.87. The van der Waals surface area contributed by atoms with Crippen LogP contribution in [-0.2, 0) is 16.6 Å². The number of likely N-dealkylation sites (N-methyl/N-ethyl adjacent to an activating group) is 1. The summed E-state index contributed by atoms with van der Waals surface area (Å²) in [5, 5.41) is 10.8. The molecule has 172 valence electrons. The van der Waals surface area contributed by atoms with Crippen LogP contribution in [0.3, 0.4) is 0 Å². The van der Waals surface area contributed by atoms with Crippen LogP contribution in [-0.4, -0.2) is 59.1 Å². The molecule has 0 radical (unpaired) electrons. The SMILES string of the molecule is C=CCN1CC[C@@]23c4c5ccc(O)c4C[C@@H]1[C@@H]2CC[C@H](N(C)C(=O)/C=C/c1ccoc1)[C@@H]3O5. The number of ether oxygens (including phenoxy) is 1. The third-order valence-corrected chi connectivity index (χ3v) is 8.59. The molecule has 33 heavy (non-hydrogen) atoms. The lowest BCUT2D eigenvalue weighted by Gasteiger charge is -2.60. The van der Waals surface area contributed by atoms with Crippen molar-refractivity contribution in [1.82, 2.24) is 9.80 Å². The number of rotatable bonds is 5. The molecule has 1 aromatic carbocycles. The number of furan rings is 1. The van der Waals surface area contributed by atoms with Crippen LogP contribution in [0, 0.1) is 5.92 Å². The predicted molar refractivity (Wildman–Crippen MR) is 125 cm³/mol. The van der Waals surface area contributed by atoms with Crippen LogP contribution in [0.25, 0.3) is 6.08 Å². The molecule has 2 aliphatic heterocycles. The Morgan fingerprint density at radius 3 is 3.03 bits per heavy atom. The van der Waals surface area contributed by atoms with Gasteiger partial charge < -0.3 is 19.2 Å². The third-order valence-electron chi connectivity index (χ3n) is 8.59. The standard InChI is InChI=1S/C27H30N2O4/c1-3-12-29-13-11-27-19-5-6-20(28(2)24(31)9-4-17-10-14-32-16-17)26(27)33-23-8-7-22(30)18(25(23)27)15-21(19)29/h3-4,7-10,14,16,19-21,26,30H,1,5-6,11-13,15H2,2H3/b9-4+/t19-,20-,21+,26-,27-/m0/s1. The van der Waals surface area contributed by atoms with Gasteiger partial charge in [0.05, 0.1) is 18.6 Å². The fourth-order valence-corrected chi connectivity index (χ4v) is 7.22. The minimum Gasteiger partial charge on any atom is -0.508 e. The number of piperidine rings is 1. The van der Waals surface area contributed by atoms with Gasteiger partial charge in [0.1, 0.15) is 17.6 Å². The molecule has 2 aromatic rings. The van der Waals surface area contributed by atoms with Crippen molar-refractivity contribution in [2.75, 3.05) is 20.1 Å². The van der Waals surface area contributed by atoms with Crippen molar-refractivity contribution in [1.29, 1.82) is 0 Å². The summed E-state index contributed by atoms with van der Waals surface area (Å²) in [4.78, 5) is 17.5. The summed E-state index contributed by atoms with van der Waals surface area (Å²) in [7, 11) is 1.89. The lowest BCUT2D eigenvalue weighted by Crippen LogP contribution is -2.68. The summed E-state index contributed by atoms with van der Waals surface area (Å²) in [5.74, 6) is 1.69. The maximum atomic E-state index is 13.1. The van der Waals surface area contributed by atoms with Crippen LogP contribution in [0.2, 0.25) is 0 Å². The van der Waals surface area contributed by atoms with Crippen LogP contribution in [0.5, 0.6) is 11.5 Å². The molecule has 2 aliphatic carbocycles. The van der Waals surface area contributed by atoms with E-state index in [4.69, 9.17) is 9.15 Å². The molecule has 4 aliphatic rings. The van der Waals surface area contributed by atoms with Gasteiger partial charge in [-0.3, -0.25) is 9.69 Å². The summed E-state index contributed by atoms with van der Waals surface area (Å²) in [6.07, 6.45) is 12.3. The third kappa shape index (κ3) is 2.86. The van der Waals surface area contributed by atoms with E-state index in [1.807, 2.05) is 30.2 Å². The number of carbonyl (C=O) groups is 1. The first-order valence-corrected chi connectivity index (χ1v) is 11.9. The maximum Gasteiger partial charge on any atom is 0.246 e. The molecular formula is C27H30N2O4. The Kier molecular flexibility index (Phi) is 4.70. The van der Waals surface area contributed by atoms with E-state index in [2.05, 4.69) is 11.5 Å². The monoisotopic (exact) mass is 446 g/mol. The lowest BCUT2D eigenvalue weighted by molar-refractivity contribution is -0.135. The number of phenolic OH excluding ortho intramolecular Hbond substituents is 1. The molecule has 3 heterocycles.